The maximum absolute atomic E-state index is 13.1. The van der Waals surface area contributed by atoms with Crippen LogP contribution < -0.4 is 11.0 Å². The molecule has 0 spiro atoms. The molecule has 2 aromatic rings. The number of rotatable bonds is 4. The lowest BCUT2D eigenvalue weighted by atomic mass is 9.87. The minimum atomic E-state index is -0.504. The summed E-state index contributed by atoms with van der Waals surface area (Å²) < 4.78 is 8.28. The van der Waals surface area contributed by atoms with Gasteiger partial charge in [0.1, 0.15) is 0 Å². The lowest BCUT2D eigenvalue weighted by Crippen LogP contribution is -2.49. The predicted molar refractivity (Wildman–Crippen MR) is 104 cm³/mol. The van der Waals surface area contributed by atoms with E-state index in [0.717, 1.165) is 18.4 Å². The second-order valence-corrected chi connectivity index (χ2v) is 8.32. The van der Waals surface area contributed by atoms with Crippen LogP contribution in [-0.4, -0.2) is 46.1 Å². The van der Waals surface area contributed by atoms with E-state index in [0.29, 0.717) is 31.2 Å². The van der Waals surface area contributed by atoms with Crippen molar-refractivity contribution in [3.63, 3.8) is 0 Å². The van der Waals surface area contributed by atoms with Gasteiger partial charge in [-0.1, -0.05) is 32.9 Å². The Morgan fingerprint density at radius 2 is 1.89 bits per heavy atom. The number of aromatic nitrogens is 2. The number of amides is 1. The van der Waals surface area contributed by atoms with Crippen molar-refractivity contribution in [3.8, 4) is 0 Å². The van der Waals surface area contributed by atoms with Crippen LogP contribution in [0.3, 0.4) is 0 Å². The molecule has 7 heteroatoms. The van der Waals surface area contributed by atoms with Gasteiger partial charge in [0.15, 0.2) is 0 Å². The van der Waals surface area contributed by atoms with Crippen LogP contribution in [0.2, 0.25) is 0 Å². The van der Waals surface area contributed by atoms with Gasteiger partial charge in [0, 0.05) is 19.8 Å². The zero-order valence-corrected chi connectivity index (χ0v) is 16.3. The number of nitrogens with zero attached hydrogens (tertiary/aromatic N) is 2. The maximum atomic E-state index is 13.1. The molecule has 1 fully saturated rings. The van der Waals surface area contributed by atoms with Gasteiger partial charge in [-0.25, -0.2) is 14.2 Å². The first-order valence-corrected chi connectivity index (χ1v) is 9.52. The number of aliphatic hydroxyl groups excluding tert-OH is 1. The molecule has 27 heavy (non-hydrogen) atoms. The molecular weight excluding hydrogens is 346 g/mol. The average molecular weight is 375 g/mol. The van der Waals surface area contributed by atoms with Crippen LogP contribution in [0, 0.1) is 11.3 Å². The largest absolute Gasteiger partial charge is 0.394 e. The van der Waals surface area contributed by atoms with Crippen molar-refractivity contribution in [2.45, 2.75) is 46.2 Å². The fourth-order valence-corrected chi connectivity index (χ4v) is 3.52. The highest BCUT2D eigenvalue weighted by Gasteiger charge is 2.28. The van der Waals surface area contributed by atoms with Crippen molar-refractivity contribution in [3.05, 3.63) is 34.7 Å². The number of benzene rings is 1. The van der Waals surface area contributed by atoms with Gasteiger partial charge in [0.2, 0.25) is 0 Å². The van der Waals surface area contributed by atoms with E-state index in [1.54, 1.807) is 10.6 Å². The molecule has 1 aliphatic rings. The normalized spacial score (nSPS) is 17.2. The molecule has 0 aliphatic carbocycles. The molecule has 1 amide bonds. The summed E-state index contributed by atoms with van der Waals surface area (Å²) in [5.41, 5.74) is 0.665. The van der Waals surface area contributed by atoms with Gasteiger partial charge >= 0.3 is 11.7 Å². The lowest BCUT2D eigenvalue weighted by molar-refractivity contribution is 0.0613. The van der Waals surface area contributed by atoms with Crippen LogP contribution in [0.4, 0.5) is 4.79 Å². The third-order valence-corrected chi connectivity index (χ3v) is 5.35. The summed E-state index contributed by atoms with van der Waals surface area (Å²) in [5.74, 6) is 0.360. The molecule has 0 bridgehead atoms. The van der Waals surface area contributed by atoms with Crippen LogP contribution in [-0.2, 0) is 11.3 Å². The van der Waals surface area contributed by atoms with Crippen molar-refractivity contribution >= 4 is 17.1 Å². The first kappa shape index (κ1) is 19.6. The van der Waals surface area contributed by atoms with Crippen LogP contribution in [0.1, 0.15) is 33.6 Å². The molecule has 0 radical (unpaired) electrons. The fourth-order valence-electron chi connectivity index (χ4n) is 3.52. The van der Waals surface area contributed by atoms with Gasteiger partial charge in [-0.05, 0) is 36.3 Å². The summed E-state index contributed by atoms with van der Waals surface area (Å²) in [6, 6.07) is 6.38. The third kappa shape index (κ3) is 4.09. The number of imidazole rings is 1. The second kappa shape index (κ2) is 7.86. The maximum Gasteiger partial charge on any atom is 0.337 e. The van der Waals surface area contributed by atoms with Crippen molar-refractivity contribution < 1.29 is 14.6 Å². The monoisotopic (exact) mass is 375 g/mol. The highest BCUT2D eigenvalue weighted by molar-refractivity contribution is 5.89. The number of hydrogen-bond acceptors (Lipinski definition) is 4. The number of fused-ring (bicyclic) bond motifs is 1. The van der Waals surface area contributed by atoms with Crippen molar-refractivity contribution in [2.75, 3.05) is 19.8 Å². The van der Waals surface area contributed by atoms with E-state index in [-0.39, 0.29) is 17.7 Å². The van der Waals surface area contributed by atoms with E-state index in [4.69, 9.17) is 4.74 Å². The molecular formula is C20H29N3O4. The molecule has 1 aromatic heterocycles. The molecule has 1 aromatic carbocycles. The minimum Gasteiger partial charge on any atom is -0.394 e. The molecule has 1 saturated heterocycles. The van der Waals surface area contributed by atoms with E-state index in [1.165, 1.54) is 4.57 Å². The standard InChI is InChI=1S/C20H29N3O4/c1-20(2,3)17(13-24)21-18(25)23-16-7-5-4-6-15(16)22(19(23)26)12-14-8-10-27-11-9-14/h4-7,14,17,24H,8-13H2,1-3H3,(H,21,25)/t17-/m1/s1. The second-order valence-electron chi connectivity index (χ2n) is 8.32. The van der Waals surface area contributed by atoms with Crippen molar-refractivity contribution in [1.29, 1.82) is 0 Å². The summed E-state index contributed by atoms with van der Waals surface area (Å²) in [6.45, 7) is 7.61. The van der Waals surface area contributed by atoms with Gasteiger partial charge in [-0.2, -0.15) is 0 Å². The van der Waals surface area contributed by atoms with Crippen LogP contribution in [0.15, 0.2) is 29.1 Å². The summed E-state index contributed by atoms with van der Waals surface area (Å²) in [5, 5.41) is 12.5. The number of para-hydroxylation sites is 2. The average Bonchev–Trinajstić information content (AvgIpc) is 2.91. The molecule has 2 heterocycles. The van der Waals surface area contributed by atoms with Crippen molar-refractivity contribution in [2.24, 2.45) is 11.3 Å². The Morgan fingerprint density at radius 1 is 1.26 bits per heavy atom. The molecule has 7 nitrogen and oxygen atoms in total. The Kier molecular flexibility index (Phi) is 5.72. The Bertz CT molecular complexity index is 856. The molecule has 0 unspecified atom stereocenters. The van der Waals surface area contributed by atoms with Crippen molar-refractivity contribution in [1.82, 2.24) is 14.5 Å². The number of carbonyl (C=O) groups excluding carboxylic acids is 1. The van der Waals surface area contributed by atoms with Gasteiger partial charge in [-0.15, -0.1) is 0 Å². The Labute approximate surface area is 158 Å². The van der Waals surface area contributed by atoms with E-state index < -0.39 is 12.1 Å². The quantitative estimate of drug-likeness (QED) is 0.858. The number of nitrogens with one attached hydrogen (secondary N) is 1. The van der Waals surface area contributed by atoms with E-state index in [1.807, 2.05) is 39.0 Å². The topological polar surface area (TPSA) is 85.5 Å². The van der Waals surface area contributed by atoms with Gasteiger partial charge in [-0.3, -0.25) is 4.57 Å². The summed E-state index contributed by atoms with van der Waals surface area (Å²) in [4.78, 5) is 26.0. The highest BCUT2D eigenvalue weighted by Crippen LogP contribution is 2.21. The SMILES string of the molecule is CC(C)(C)[C@@H](CO)NC(=O)n1c(=O)n(CC2CCOCC2)c2ccccc21. The number of aliphatic hydroxyl groups is 1. The molecule has 2 N–H and O–H groups in total. The molecule has 3 rings (SSSR count). The van der Waals surface area contributed by atoms with E-state index in [9.17, 15) is 14.7 Å². The van der Waals surface area contributed by atoms with Crippen LogP contribution in [0.25, 0.3) is 11.0 Å². The van der Waals surface area contributed by atoms with Gasteiger partial charge in [0.25, 0.3) is 0 Å². The predicted octanol–water partition coefficient (Wildman–Crippen LogP) is 2.19. The Hall–Kier alpha value is -2.12. The highest BCUT2D eigenvalue weighted by atomic mass is 16.5. The smallest absolute Gasteiger partial charge is 0.337 e. The number of carbonyl (C=O) groups is 1. The Balaban J connectivity index is 1.97. The Morgan fingerprint density at radius 3 is 2.48 bits per heavy atom. The summed E-state index contributed by atoms with van der Waals surface area (Å²) in [6.07, 6.45) is 1.82. The molecule has 0 saturated carbocycles. The summed E-state index contributed by atoms with van der Waals surface area (Å²) in [7, 11) is 0. The van der Waals surface area contributed by atoms with E-state index in [2.05, 4.69) is 5.32 Å². The first-order valence-electron chi connectivity index (χ1n) is 9.52. The summed E-state index contributed by atoms with van der Waals surface area (Å²) >= 11 is 0. The lowest BCUT2D eigenvalue weighted by Gasteiger charge is -2.29. The fraction of sp³-hybridized carbons (Fsp3) is 0.600. The minimum absolute atomic E-state index is 0.190. The molecule has 1 atom stereocenters. The van der Waals surface area contributed by atoms with Gasteiger partial charge < -0.3 is 15.2 Å². The number of ether oxygens (including phenoxy) is 1. The molecule has 148 valence electrons. The van der Waals surface area contributed by atoms with Crippen LogP contribution >= 0.6 is 0 Å². The zero-order valence-electron chi connectivity index (χ0n) is 16.3. The number of hydrogen-bond donors (Lipinski definition) is 2. The van der Waals surface area contributed by atoms with Crippen LogP contribution in [0.5, 0.6) is 0 Å². The molecule has 1 aliphatic heterocycles. The van der Waals surface area contributed by atoms with Gasteiger partial charge in [0.05, 0.1) is 23.7 Å². The first-order chi connectivity index (χ1) is 12.8. The van der Waals surface area contributed by atoms with E-state index >= 15 is 0 Å². The third-order valence-electron chi connectivity index (χ3n) is 5.35. The zero-order chi connectivity index (χ0) is 19.6.